The molecular weight excluding hydrogens is 457 g/mol. The summed E-state index contributed by atoms with van der Waals surface area (Å²) in [6.07, 6.45) is -2.37. The third kappa shape index (κ3) is 4.41. The first kappa shape index (κ1) is 23.1. The zero-order valence-corrected chi connectivity index (χ0v) is 18.6. The Morgan fingerprint density at radius 1 is 0.971 bits per heavy atom. The number of hydrogen-bond acceptors (Lipinski definition) is 3. The van der Waals surface area contributed by atoms with Crippen LogP contribution in [0.25, 0.3) is 0 Å². The molecule has 35 heavy (non-hydrogen) atoms. The number of nitrogens with zero attached hydrogens (tertiary/aromatic N) is 1. The number of nitrogens with one attached hydrogen (secondary N) is 1. The van der Waals surface area contributed by atoms with Crippen molar-refractivity contribution in [2.24, 2.45) is 0 Å². The van der Waals surface area contributed by atoms with E-state index in [0.717, 1.165) is 30.5 Å². The summed E-state index contributed by atoms with van der Waals surface area (Å²) in [5.41, 5.74) is 2.63. The number of halogens is 3. The van der Waals surface area contributed by atoms with E-state index >= 15 is 0 Å². The molecule has 1 aliphatic carbocycles. The van der Waals surface area contributed by atoms with Gasteiger partial charge in [-0.25, -0.2) is 4.79 Å². The van der Waals surface area contributed by atoms with Crippen LogP contribution in [0.1, 0.15) is 57.5 Å². The molecule has 1 fully saturated rings. The van der Waals surface area contributed by atoms with E-state index in [0.29, 0.717) is 17.7 Å². The fraction of sp³-hybridized carbons (Fsp3) is 0.259. The molecule has 1 amide bonds. The van der Waals surface area contributed by atoms with Crippen molar-refractivity contribution < 1.29 is 27.9 Å². The summed E-state index contributed by atoms with van der Waals surface area (Å²) < 4.78 is 39.3. The Bertz CT molecular complexity index is 1270. The minimum atomic E-state index is -4.48. The average Bonchev–Trinajstić information content (AvgIpc) is 3.40. The Labute approximate surface area is 200 Å². The van der Waals surface area contributed by atoms with Crippen LogP contribution in [0.4, 0.5) is 18.9 Å². The van der Waals surface area contributed by atoms with Crippen molar-refractivity contribution in [2.45, 2.75) is 43.6 Å². The normalized spacial score (nSPS) is 21.9. The Kier molecular flexibility index (Phi) is 5.84. The number of aromatic carboxylic acids is 1. The quantitative estimate of drug-likeness (QED) is 0.504. The van der Waals surface area contributed by atoms with E-state index in [2.05, 4.69) is 11.4 Å². The second-order valence-corrected chi connectivity index (χ2v) is 8.94. The maximum absolute atomic E-state index is 13.6. The summed E-state index contributed by atoms with van der Waals surface area (Å²) in [6.45, 7) is 0. The van der Waals surface area contributed by atoms with Crippen LogP contribution in [0.15, 0.2) is 72.8 Å². The molecule has 0 aromatic heterocycles. The molecular formula is C27H23F3N2O3. The third-order valence-corrected chi connectivity index (χ3v) is 6.83. The predicted molar refractivity (Wildman–Crippen MR) is 124 cm³/mol. The van der Waals surface area contributed by atoms with Crippen molar-refractivity contribution in [3.05, 3.63) is 101 Å². The Morgan fingerprint density at radius 3 is 2.43 bits per heavy atom. The van der Waals surface area contributed by atoms with Gasteiger partial charge in [-0.05, 0) is 72.4 Å². The molecule has 1 saturated heterocycles. The highest BCUT2D eigenvalue weighted by atomic mass is 19.4. The van der Waals surface area contributed by atoms with E-state index in [1.54, 1.807) is 12.1 Å². The molecule has 0 unspecified atom stereocenters. The summed E-state index contributed by atoms with van der Waals surface area (Å²) in [5, 5.41) is 12.9. The number of carbonyl (C=O) groups excluding carboxylic acids is 1. The van der Waals surface area contributed by atoms with E-state index in [9.17, 15) is 27.9 Å². The van der Waals surface area contributed by atoms with Crippen LogP contribution in [0.2, 0.25) is 0 Å². The van der Waals surface area contributed by atoms with Crippen molar-refractivity contribution in [3.8, 4) is 0 Å². The molecule has 0 saturated carbocycles. The molecule has 3 atom stereocenters. The molecule has 0 bridgehead atoms. The van der Waals surface area contributed by atoms with Crippen molar-refractivity contribution in [2.75, 3.05) is 4.90 Å². The fourth-order valence-electron chi connectivity index (χ4n) is 5.15. The van der Waals surface area contributed by atoms with Crippen LogP contribution < -0.4 is 10.2 Å². The summed E-state index contributed by atoms with van der Waals surface area (Å²) >= 11 is 0. The lowest BCUT2D eigenvalue weighted by Crippen LogP contribution is -2.40. The maximum atomic E-state index is 13.6. The molecule has 1 heterocycles. The number of carboxylic acid groups (broad SMARTS) is 1. The van der Waals surface area contributed by atoms with E-state index in [-0.39, 0.29) is 17.5 Å². The van der Waals surface area contributed by atoms with Crippen LogP contribution in [0.3, 0.4) is 0 Å². The fourth-order valence-corrected chi connectivity index (χ4v) is 5.15. The van der Waals surface area contributed by atoms with Crippen LogP contribution in [-0.4, -0.2) is 23.0 Å². The third-order valence-electron chi connectivity index (χ3n) is 6.83. The van der Waals surface area contributed by atoms with Crippen LogP contribution >= 0.6 is 0 Å². The number of carbonyl (C=O) groups is 2. The van der Waals surface area contributed by atoms with E-state index in [1.807, 2.05) is 18.2 Å². The van der Waals surface area contributed by atoms with Gasteiger partial charge >= 0.3 is 12.1 Å². The van der Waals surface area contributed by atoms with Crippen LogP contribution in [0, 0.1) is 0 Å². The number of hydrogen-bond donors (Lipinski definition) is 2. The van der Waals surface area contributed by atoms with Gasteiger partial charge in [-0.1, -0.05) is 36.4 Å². The van der Waals surface area contributed by atoms with Crippen molar-refractivity contribution in [1.29, 1.82) is 0 Å². The van der Waals surface area contributed by atoms with E-state index in [4.69, 9.17) is 0 Å². The predicted octanol–water partition coefficient (Wildman–Crippen LogP) is 5.53. The number of aryl methyl sites for hydroxylation is 1. The number of alkyl halides is 3. The minimum Gasteiger partial charge on any atom is -0.478 e. The lowest BCUT2D eigenvalue weighted by atomic mass is 9.99. The Balaban J connectivity index is 1.49. The molecule has 5 rings (SSSR count). The first-order chi connectivity index (χ1) is 16.7. The van der Waals surface area contributed by atoms with E-state index < -0.39 is 29.8 Å². The number of fused-ring (bicyclic) bond motifs is 1. The maximum Gasteiger partial charge on any atom is 0.416 e. The van der Waals surface area contributed by atoms with Crippen LogP contribution in [-0.2, 0) is 17.4 Å². The lowest BCUT2D eigenvalue weighted by molar-refractivity contribution is -0.137. The molecule has 2 aliphatic rings. The molecule has 5 nitrogen and oxygen atoms in total. The van der Waals surface area contributed by atoms with Gasteiger partial charge in [-0.2, -0.15) is 13.2 Å². The topological polar surface area (TPSA) is 69.6 Å². The van der Waals surface area contributed by atoms with Gasteiger partial charge in [0.2, 0.25) is 5.91 Å². The van der Waals surface area contributed by atoms with Crippen molar-refractivity contribution >= 4 is 17.6 Å². The number of benzene rings is 3. The SMILES string of the molecule is O=C(O)c1cccc([C@@H]2C[C@H](N[C@H]3CCc4ccccc43)C(=O)N2c2ccc(C(F)(F)F)cc2)c1. The first-order valence-corrected chi connectivity index (χ1v) is 11.4. The van der Waals surface area contributed by atoms with Gasteiger partial charge < -0.3 is 10.0 Å². The van der Waals surface area contributed by atoms with Gasteiger partial charge in [0.1, 0.15) is 0 Å². The molecule has 8 heteroatoms. The average molecular weight is 480 g/mol. The molecule has 1 aliphatic heterocycles. The second kappa shape index (κ2) is 8.85. The molecule has 0 radical (unpaired) electrons. The highest BCUT2D eigenvalue weighted by molar-refractivity contribution is 6.00. The Morgan fingerprint density at radius 2 is 1.71 bits per heavy atom. The molecule has 2 N–H and O–H groups in total. The van der Waals surface area contributed by atoms with Gasteiger partial charge in [0.25, 0.3) is 0 Å². The van der Waals surface area contributed by atoms with Crippen LogP contribution in [0.5, 0.6) is 0 Å². The summed E-state index contributed by atoms with van der Waals surface area (Å²) in [6, 6.07) is 17.8. The highest BCUT2D eigenvalue weighted by Gasteiger charge is 2.43. The first-order valence-electron chi connectivity index (χ1n) is 11.4. The number of amides is 1. The number of rotatable bonds is 5. The molecule has 3 aromatic carbocycles. The monoisotopic (exact) mass is 480 g/mol. The summed E-state index contributed by atoms with van der Waals surface area (Å²) in [4.78, 5) is 26.6. The van der Waals surface area contributed by atoms with Crippen molar-refractivity contribution in [3.63, 3.8) is 0 Å². The Hall–Kier alpha value is -3.65. The smallest absolute Gasteiger partial charge is 0.416 e. The second-order valence-electron chi connectivity index (χ2n) is 8.94. The molecule has 180 valence electrons. The molecule has 3 aromatic rings. The van der Waals surface area contributed by atoms with E-state index in [1.165, 1.54) is 34.7 Å². The highest BCUT2D eigenvalue weighted by Crippen LogP contribution is 2.40. The largest absolute Gasteiger partial charge is 0.478 e. The van der Waals surface area contributed by atoms with Crippen molar-refractivity contribution in [1.82, 2.24) is 5.32 Å². The number of anilines is 1. The van der Waals surface area contributed by atoms with Gasteiger partial charge in [0.15, 0.2) is 0 Å². The number of carboxylic acids is 1. The van der Waals surface area contributed by atoms with Gasteiger partial charge in [-0.3, -0.25) is 10.1 Å². The summed E-state index contributed by atoms with van der Waals surface area (Å²) in [5.74, 6) is -1.34. The van der Waals surface area contributed by atoms with Gasteiger partial charge in [0, 0.05) is 11.7 Å². The zero-order chi connectivity index (χ0) is 24.7. The van der Waals surface area contributed by atoms with Gasteiger partial charge in [-0.15, -0.1) is 0 Å². The molecule has 0 spiro atoms. The van der Waals surface area contributed by atoms with Gasteiger partial charge in [0.05, 0.1) is 23.2 Å². The summed E-state index contributed by atoms with van der Waals surface area (Å²) in [7, 11) is 0. The minimum absolute atomic E-state index is 0.00120. The zero-order valence-electron chi connectivity index (χ0n) is 18.6. The standard InChI is InChI=1S/C27H23F3N2O3/c28-27(29,30)19-9-11-20(12-10-19)32-24(17-5-3-6-18(14-17)26(34)35)15-23(25(32)33)31-22-13-8-16-4-1-2-7-21(16)22/h1-7,9-12,14,22-24,31H,8,13,15H2,(H,34,35)/t22-,23-,24-/m0/s1. The lowest BCUT2D eigenvalue weighted by Gasteiger charge is -2.26.